The van der Waals surface area contributed by atoms with Crippen molar-refractivity contribution in [2.45, 2.75) is 0 Å². The quantitative estimate of drug-likeness (QED) is 0.609. The van der Waals surface area contributed by atoms with Crippen molar-refractivity contribution in [3.05, 3.63) is 70.6 Å². The van der Waals surface area contributed by atoms with Crippen molar-refractivity contribution < 1.29 is 0 Å². The minimum atomic E-state index is 0.725. The highest BCUT2D eigenvalue weighted by atomic mass is 35.5. The van der Waals surface area contributed by atoms with Crippen LogP contribution < -0.4 is 0 Å². The Morgan fingerprint density at radius 1 is 1.00 bits per heavy atom. The molecule has 0 aliphatic rings. The second-order valence-corrected chi connectivity index (χ2v) is 5.46. The molecular weight excluding hydrogens is 288 g/mol. The predicted molar refractivity (Wildman–Crippen MR) is 86.3 cm³/mol. The van der Waals surface area contributed by atoms with Crippen molar-refractivity contribution in [1.82, 2.24) is 4.98 Å². The molecule has 3 aromatic rings. The van der Waals surface area contributed by atoms with Gasteiger partial charge in [-0.05, 0) is 17.7 Å². The Morgan fingerprint density at radius 3 is 2.50 bits per heavy atom. The van der Waals surface area contributed by atoms with Gasteiger partial charge in [-0.3, -0.25) is 0 Å². The van der Waals surface area contributed by atoms with E-state index in [1.807, 2.05) is 60.0 Å². The molecule has 4 heteroatoms. The predicted octanol–water partition coefficient (Wildman–Crippen LogP) is 5.21. The smallest absolute Gasteiger partial charge is 0.209 e. The molecule has 0 radical (unpaired) electrons. The molecule has 0 spiro atoms. The number of rotatable bonds is 3. The summed E-state index contributed by atoms with van der Waals surface area (Å²) >= 11 is 7.38. The second kappa shape index (κ2) is 5.99. The van der Waals surface area contributed by atoms with Gasteiger partial charge in [0.2, 0.25) is 5.13 Å². The highest BCUT2D eigenvalue weighted by molar-refractivity contribution is 7.13. The van der Waals surface area contributed by atoms with Crippen LogP contribution in [0.4, 0.5) is 5.13 Å². The van der Waals surface area contributed by atoms with Gasteiger partial charge in [-0.15, -0.1) is 11.3 Å². The van der Waals surface area contributed by atoms with E-state index in [1.54, 1.807) is 6.21 Å². The van der Waals surface area contributed by atoms with E-state index < -0.39 is 0 Å². The third-order valence-electron chi connectivity index (χ3n) is 2.76. The van der Waals surface area contributed by atoms with Crippen LogP contribution in [0.25, 0.3) is 11.3 Å². The lowest BCUT2D eigenvalue weighted by Crippen LogP contribution is -1.79. The fourth-order valence-electron chi connectivity index (χ4n) is 1.74. The Labute approximate surface area is 126 Å². The molecule has 98 valence electrons. The lowest BCUT2D eigenvalue weighted by Gasteiger charge is -1.93. The molecule has 0 amide bonds. The molecule has 0 saturated heterocycles. The van der Waals surface area contributed by atoms with E-state index in [2.05, 4.69) is 9.98 Å². The molecule has 1 aromatic heterocycles. The first-order valence-corrected chi connectivity index (χ1v) is 7.37. The number of aliphatic imine (C=N–C) groups is 1. The van der Waals surface area contributed by atoms with Crippen LogP contribution in [0.2, 0.25) is 5.02 Å². The summed E-state index contributed by atoms with van der Waals surface area (Å²) in [5.41, 5.74) is 3.07. The Kier molecular flexibility index (Phi) is 3.90. The van der Waals surface area contributed by atoms with E-state index in [4.69, 9.17) is 11.6 Å². The second-order valence-electron chi connectivity index (χ2n) is 4.19. The van der Waals surface area contributed by atoms with Crippen LogP contribution in [0.15, 0.2) is 65.0 Å². The van der Waals surface area contributed by atoms with Crippen molar-refractivity contribution in [3.63, 3.8) is 0 Å². The largest absolute Gasteiger partial charge is 0.227 e. The molecular formula is C16H11ClN2S. The number of nitrogens with zero attached hydrogens (tertiary/aromatic N) is 2. The molecule has 20 heavy (non-hydrogen) atoms. The molecule has 1 heterocycles. The molecule has 3 rings (SSSR count). The number of benzene rings is 2. The van der Waals surface area contributed by atoms with Crippen LogP contribution in [0, 0.1) is 0 Å². The van der Waals surface area contributed by atoms with Crippen LogP contribution in [0.3, 0.4) is 0 Å². The molecule has 0 unspecified atom stereocenters. The maximum absolute atomic E-state index is 5.85. The zero-order chi connectivity index (χ0) is 13.8. The molecule has 2 nitrogen and oxygen atoms in total. The first-order valence-electron chi connectivity index (χ1n) is 6.12. The Balaban J connectivity index is 1.79. The zero-order valence-electron chi connectivity index (χ0n) is 10.5. The van der Waals surface area contributed by atoms with Crippen LogP contribution in [-0.2, 0) is 0 Å². The van der Waals surface area contributed by atoms with E-state index in [0.29, 0.717) is 0 Å². The van der Waals surface area contributed by atoms with Crippen LogP contribution in [-0.4, -0.2) is 11.2 Å². The summed E-state index contributed by atoms with van der Waals surface area (Å²) in [4.78, 5) is 8.90. The first kappa shape index (κ1) is 13.0. The molecule has 0 saturated carbocycles. The van der Waals surface area contributed by atoms with Crippen LogP contribution in [0.5, 0.6) is 0 Å². The normalized spacial score (nSPS) is 11.1. The van der Waals surface area contributed by atoms with E-state index in [0.717, 1.165) is 27.0 Å². The number of hydrogen-bond donors (Lipinski definition) is 0. The Morgan fingerprint density at radius 2 is 1.75 bits per heavy atom. The van der Waals surface area contributed by atoms with Crippen LogP contribution in [0.1, 0.15) is 5.56 Å². The maximum atomic E-state index is 5.85. The monoisotopic (exact) mass is 298 g/mol. The number of halogens is 1. The van der Waals surface area contributed by atoms with Gasteiger partial charge in [0.15, 0.2) is 0 Å². The fourth-order valence-corrected chi connectivity index (χ4v) is 2.54. The molecule has 0 N–H and O–H groups in total. The van der Waals surface area contributed by atoms with Crippen molar-refractivity contribution in [2.24, 2.45) is 4.99 Å². The molecule has 0 aliphatic carbocycles. The third kappa shape index (κ3) is 3.13. The molecule has 0 aliphatic heterocycles. The Hall–Kier alpha value is -1.97. The first-order chi connectivity index (χ1) is 9.81. The van der Waals surface area contributed by atoms with Gasteiger partial charge >= 0.3 is 0 Å². The number of hydrogen-bond acceptors (Lipinski definition) is 3. The van der Waals surface area contributed by atoms with E-state index in [1.165, 1.54) is 11.3 Å². The zero-order valence-corrected chi connectivity index (χ0v) is 12.1. The summed E-state index contributed by atoms with van der Waals surface area (Å²) in [6, 6.07) is 17.6. The van der Waals surface area contributed by atoms with Crippen molar-refractivity contribution in [1.29, 1.82) is 0 Å². The van der Waals surface area contributed by atoms with Gasteiger partial charge in [-0.2, -0.15) is 0 Å². The van der Waals surface area contributed by atoms with Gasteiger partial charge in [0.25, 0.3) is 0 Å². The third-order valence-corrected chi connectivity index (χ3v) is 3.76. The standard InChI is InChI=1S/C16H11ClN2S/c17-14-8-6-12(7-9-14)10-18-16-19-15(11-20-16)13-4-2-1-3-5-13/h1-11H. The summed E-state index contributed by atoms with van der Waals surface area (Å²) in [5.74, 6) is 0. The van der Waals surface area contributed by atoms with Crippen molar-refractivity contribution in [2.75, 3.05) is 0 Å². The average Bonchev–Trinajstić information content (AvgIpc) is 2.97. The molecule has 0 fully saturated rings. The summed E-state index contributed by atoms with van der Waals surface area (Å²) in [6.45, 7) is 0. The van der Waals surface area contributed by atoms with Gasteiger partial charge in [0, 0.05) is 22.2 Å². The van der Waals surface area contributed by atoms with Crippen LogP contribution >= 0.6 is 22.9 Å². The van der Waals surface area contributed by atoms with E-state index in [-0.39, 0.29) is 0 Å². The van der Waals surface area contributed by atoms with Gasteiger partial charge in [-0.25, -0.2) is 9.98 Å². The summed E-state index contributed by atoms with van der Waals surface area (Å²) in [7, 11) is 0. The SMILES string of the molecule is Clc1ccc(C=Nc2nc(-c3ccccc3)cs2)cc1. The van der Waals surface area contributed by atoms with Crippen molar-refractivity contribution >= 4 is 34.3 Å². The molecule has 2 aromatic carbocycles. The minimum Gasteiger partial charge on any atom is -0.227 e. The topological polar surface area (TPSA) is 25.2 Å². The fraction of sp³-hybridized carbons (Fsp3) is 0. The molecule has 0 bridgehead atoms. The number of thiazole rings is 1. The molecule has 0 atom stereocenters. The maximum Gasteiger partial charge on any atom is 0.209 e. The van der Waals surface area contributed by atoms with E-state index in [9.17, 15) is 0 Å². The van der Waals surface area contributed by atoms with Gasteiger partial charge in [0.05, 0.1) is 5.69 Å². The van der Waals surface area contributed by atoms with Gasteiger partial charge < -0.3 is 0 Å². The number of aromatic nitrogens is 1. The van der Waals surface area contributed by atoms with E-state index >= 15 is 0 Å². The Bertz CT molecular complexity index is 718. The highest BCUT2D eigenvalue weighted by Gasteiger charge is 2.02. The summed E-state index contributed by atoms with van der Waals surface area (Å²) in [5, 5.41) is 3.49. The highest BCUT2D eigenvalue weighted by Crippen LogP contribution is 2.26. The summed E-state index contributed by atoms with van der Waals surface area (Å²) < 4.78 is 0. The van der Waals surface area contributed by atoms with Gasteiger partial charge in [-0.1, -0.05) is 54.1 Å². The summed E-state index contributed by atoms with van der Waals surface area (Å²) in [6.07, 6.45) is 1.80. The van der Waals surface area contributed by atoms with Gasteiger partial charge in [0.1, 0.15) is 0 Å². The minimum absolute atomic E-state index is 0.725. The lowest BCUT2D eigenvalue weighted by molar-refractivity contribution is 1.36. The average molecular weight is 299 g/mol. The van der Waals surface area contributed by atoms with Crippen molar-refractivity contribution in [3.8, 4) is 11.3 Å². The lowest BCUT2D eigenvalue weighted by atomic mass is 10.2.